The van der Waals surface area contributed by atoms with Gasteiger partial charge in [-0.3, -0.25) is 9.52 Å². The minimum Gasteiger partial charge on any atom is -0.315 e. The van der Waals surface area contributed by atoms with Crippen molar-refractivity contribution in [3.8, 4) is 0 Å². The Bertz CT molecular complexity index is 734. The summed E-state index contributed by atoms with van der Waals surface area (Å²) in [7, 11) is -3.79. The summed E-state index contributed by atoms with van der Waals surface area (Å²) in [5.41, 5.74) is 0.587. The first kappa shape index (κ1) is 13.1. The number of halogens is 1. The van der Waals surface area contributed by atoms with E-state index in [2.05, 4.69) is 9.71 Å². The molecule has 0 unspecified atom stereocenters. The number of aromatic amines is 1. The van der Waals surface area contributed by atoms with Crippen LogP contribution in [0, 0.1) is 6.92 Å². The van der Waals surface area contributed by atoms with Gasteiger partial charge in [-0.15, -0.1) is 0 Å². The normalized spacial score (nSPS) is 11.4. The fourth-order valence-electron chi connectivity index (χ4n) is 1.38. The number of anilines is 1. The molecule has 8 heteroatoms. The molecular weight excluding hydrogens is 296 g/mol. The van der Waals surface area contributed by atoms with Crippen molar-refractivity contribution in [2.45, 2.75) is 11.1 Å². The van der Waals surface area contributed by atoms with Gasteiger partial charge in [0.05, 0.1) is 10.7 Å². The molecule has 0 spiro atoms. The number of nitrogens with one attached hydrogen (secondary N) is 2. The first-order valence-corrected chi connectivity index (χ1v) is 7.55. The highest BCUT2D eigenvalue weighted by Gasteiger charge is 2.21. The lowest BCUT2D eigenvalue weighted by Gasteiger charge is -2.07. The van der Waals surface area contributed by atoms with E-state index in [1.54, 1.807) is 24.3 Å². The predicted molar refractivity (Wildman–Crippen MR) is 71.9 cm³/mol. The van der Waals surface area contributed by atoms with Gasteiger partial charge in [-0.1, -0.05) is 35.1 Å². The van der Waals surface area contributed by atoms with Crippen molar-refractivity contribution in [3.05, 3.63) is 44.6 Å². The van der Waals surface area contributed by atoms with E-state index in [1.807, 2.05) is 0 Å². The Morgan fingerprint density at radius 3 is 2.56 bits per heavy atom. The lowest BCUT2D eigenvalue weighted by molar-refractivity contribution is 0.602. The zero-order valence-electron chi connectivity index (χ0n) is 9.23. The van der Waals surface area contributed by atoms with Gasteiger partial charge in [0.2, 0.25) is 0 Å². The van der Waals surface area contributed by atoms with Gasteiger partial charge in [-0.05, 0) is 19.1 Å². The van der Waals surface area contributed by atoms with Crippen LogP contribution < -0.4 is 9.60 Å². The quantitative estimate of drug-likeness (QED) is 0.912. The third-order valence-corrected chi connectivity index (χ3v) is 5.44. The van der Waals surface area contributed by atoms with Crippen LogP contribution >= 0.6 is 22.9 Å². The maximum Gasteiger partial charge on any atom is 0.306 e. The SMILES string of the molecule is Cc1[nH]c(=O)sc1S(=O)(=O)Nc1ccccc1Cl. The van der Waals surface area contributed by atoms with Gasteiger partial charge in [0.1, 0.15) is 0 Å². The number of hydrogen-bond donors (Lipinski definition) is 2. The van der Waals surface area contributed by atoms with E-state index in [0.717, 1.165) is 0 Å². The summed E-state index contributed by atoms with van der Waals surface area (Å²) in [6.45, 7) is 1.53. The van der Waals surface area contributed by atoms with Crippen LogP contribution in [0.25, 0.3) is 0 Å². The summed E-state index contributed by atoms with van der Waals surface area (Å²) in [6, 6.07) is 6.48. The van der Waals surface area contributed by atoms with E-state index in [1.165, 1.54) is 6.92 Å². The maximum atomic E-state index is 12.1. The van der Waals surface area contributed by atoms with E-state index >= 15 is 0 Å². The number of H-pyrrole nitrogens is 1. The third-order valence-electron chi connectivity index (χ3n) is 2.14. The second-order valence-electron chi connectivity index (χ2n) is 3.51. The van der Waals surface area contributed by atoms with Crippen LogP contribution in [0.2, 0.25) is 5.02 Å². The largest absolute Gasteiger partial charge is 0.315 e. The number of rotatable bonds is 3. The molecule has 96 valence electrons. The minimum atomic E-state index is -3.79. The van der Waals surface area contributed by atoms with Gasteiger partial charge in [-0.2, -0.15) is 0 Å². The Labute approximate surface area is 112 Å². The molecule has 1 heterocycles. The maximum absolute atomic E-state index is 12.1. The molecule has 1 aromatic heterocycles. The summed E-state index contributed by atoms with van der Waals surface area (Å²) in [5, 5.41) is 0.293. The summed E-state index contributed by atoms with van der Waals surface area (Å²) in [6.07, 6.45) is 0. The molecule has 2 aromatic rings. The van der Waals surface area contributed by atoms with Gasteiger partial charge in [0.15, 0.2) is 4.21 Å². The fraction of sp³-hybridized carbons (Fsp3) is 0.100. The number of thiazole rings is 1. The molecule has 0 atom stereocenters. The molecule has 0 saturated carbocycles. The Hall–Kier alpha value is -1.31. The van der Waals surface area contributed by atoms with Crippen LogP contribution in [0.1, 0.15) is 5.69 Å². The van der Waals surface area contributed by atoms with Crippen LogP contribution in [0.5, 0.6) is 0 Å². The standard InChI is InChI=1S/C10H9ClN2O3S2/c1-6-9(17-10(14)12-6)18(15,16)13-8-5-3-2-4-7(8)11/h2-5,13H,1H3,(H,12,14). The van der Waals surface area contributed by atoms with Crippen molar-refractivity contribution in [1.29, 1.82) is 0 Å². The van der Waals surface area contributed by atoms with E-state index in [4.69, 9.17) is 11.6 Å². The van der Waals surface area contributed by atoms with Gasteiger partial charge in [0, 0.05) is 5.69 Å². The van der Waals surface area contributed by atoms with Crippen molar-refractivity contribution in [3.63, 3.8) is 0 Å². The molecule has 0 amide bonds. The van der Waals surface area contributed by atoms with Crippen molar-refractivity contribution < 1.29 is 8.42 Å². The highest BCUT2D eigenvalue weighted by atomic mass is 35.5. The van der Waals surface area contributed by atoms with E-state index < -0.39 is 14.9 Å². The van der Waals surface area contributed by atoms with Crippen LogP contribution in [-0.4, -0.2) is 13.4 Å². The number of hydrogen-bond acceptors (Lipinski definition) is 4. The molecule has 1 aromatic carbocycles. The molecule has 0 fully saturated rings. The Morgan fingerprint density at radius 1 is 1.33 bits per heavy atom. The molecular formula is C10H9ClN2O3S2. The van der Waals surface area contributed by atoms with Gasteiger partial charge < -0.3 is 4.98 Å². The monoisotopic (exact) mass is 304 g/mol. The number of aromatic nitrogens is 1. The average molecular weight is 305 g/mol. The van der Waals surface area contributed by atoms with Crippen LogP contribution in [0.15, 0.2) is 33.3 Å². The van der Waals surface area contributed by atoms with Gasteiger partial charge in [0.25, 0.3) is 10.0 Å². The van der Waals surface area contributed by atoms with Crippen molar-refractivity contribution in [1.82, 2.24) is 4.98 Å². The second-order valence-corrected chi connectivity index (χ2v) is 6.78. The zero-order valence-corrected chi connectivity index (χ0v) is 11.6. The fourth-order valence-corrected chi connectivity index (χ4v) is 4.00. The smallest absolute Gasteiger partial charge is 0.306 e. The molecule has 0 aliphatic carbocycles. The lowest BCUT2D eigenvalue weighted by Crippen LogP contribution is -2.12. The van der Waals surface area contributed by atoms with E-state index in [-0.39, 0.29) is 9.90 Å². The van der Waals surface area contributed by atoms with Crippen LogP contribution in [-0.2, 0) is 10.0 Å². The molecule has 5 nitrogen and oxygen atoms in total. The Balaban J connectivity index is 2.43. The number of aryl methyl sites for hydroxylation is 1. The van der Waals surface area contributed by atoms with Crippen LogP contribution in [0.3, 0.4) is 0 Å². The molecule has 0 saturated heterocycles. The van der Waals surface area contributed by atoms with Crippen molar-refractivity contribution in [2.75, 3.05) is 4.72 Å². The molecule has 0 aliphatic rings. The average Bonchev–Trinajstić information content (AvgIpc) is 2.62. The minimum absolute atomic E-state index is 0.0348. The third kappa shape index (κ3) is 2.58. The summed E-state index contributed by atoms with van der Waals surface area (Å²) < 4.78 is 26.5. The second kappa shape index (κ2) is 4.75. The van der Waals surface area contributed by atoms with Crippen molar-refractivity contribution >= 4 is 38.6 Å². The molecule has 2 N–H and O–H groups in total. The molecule has 0 bridgehead atoms. The molecule has 0 aliphatic heterocycles. The van der Waals surface area contributed by atoms with Gasteiger partial charge >= 0.3 is 4.87 Å². The van der Waals surface area contributed by atoms with E-state index in [0.29, 0.717) is 22.1 Å². The van der Waals surface area contributed by atoms with Crippen molar-refractivity contribution in [2.24, 2.45) is 0 Å². The highest BCUT2D eigenvalue weighted by molar-refractivity contribution is 7.94. The Kier molecular flexibility index (Phi) is 3.47. The summed E-state index contributed by atoms with van der Waals surface area (Å²) >= 11 is 6.51. The Morgan fingerprint density at radius 2 is 2.00 bits per heavy atom. The number of para-hydroxylation sites is 1. The number of benzene rings is 1. The summed E-state index contributed by atoms with van der Waals surface area (Å²) in [5.74, 6) is 0. The molecule has 2 rings (SSSR count). The van der Waals surface area contributed by atoms with Crippen LogP contribution in [0.4, 0.5) is 5.69 Å². The summed E-state index contributed by atoms with van der Waals surface area (Å²) in [4.78, 5) is 13.1. The predicted octanol–water partition coefficient (Wildman–Crippen LogP) is 2.20. The lowest BCUT2D eigenvalue weighted by atomic mass is 10.3. The highest BCUT2D eigenvalue weighted by Crippen LogP contribution is 2.25. The zero-order chi connectivity index (χ0) is 13.3. The first-order chi connectivity index (χ1) is 8.40. The molecule has 18 heavy (non-hydrogen) atoms. The molecule has 0 radical (unpaired) electrons. The topological polar surface area (TPSA) is 79.0 Å². The number of sulfonamides is 1. The van der Waals surface area contributed by atoms with E-state index in [9.17, 15) is 13.2 Å². The first-order valence-electron chi connectivity index (χ1n) is 4.87. The van der Waals surface area contributed by atoms with Gasteiger partial charge in [-0.25, -0.2) is 8.42 Å².